The molecule has 1 atom stereocenters. The molecule has 5 heteroatoms. The largest absolute Gasteiger partial charge is 0.466 e. The Morgan fingerprint density at radius 2 is 1.76 bits per heavy atom. The van der Waals surface area contributed by atoms with E-state index in [1.807, 2.05) is 26.8 Å². The normalized spacial score (nSPS) is 15.5. The molecule has 0 fully saturated rings. The van der Waals surface area contributed by atoms with Crippen molar-refractivity contribution in [1.29, 1.82) is 0 Å². The monoisotopic (exact) mass is 284 g/mol. The van der Waals surface area contributed by atoms with Crippen molar-refractivity contribution < 1.29 is 14.0 Å². The number of fused-ring (bicyclic) bond motifs is 1. The molecule has 0 saturated carbocycles. The highest BCUT2D eigenvalue weighted by Gasteiger charge is 2.39. The zero-order valence-electron chi connectivity index (χ0n) is 12.1. The van der Waals surface area contributed by atoms with Gasteiger partial charge in [-0.1, -0.05) is 0 Å². The summed E-state index contributed by atoms with van der Waals surface area (Å²) in [6, 6.07) is 6.26. The van der Waals surface area contributed by atoms with Crippen molar-refractivity contribution in [3.05, 3.63) is 52.5 Å². The van der Waals surface area contributed by atoms with Crippen molar-refractivity contribution in [3.8, 4) is 0 Å². The van der Waals surface area contributed by atoms with Gasteiger partial charge in [-0.2, -0.15) is 0 Å². The Labute approximate surface area is 122 Å². The van der Waals surface area contributed by atoms with Gasteiger partial charge in [-0.3, -0.25) is 14.5 Å². The van der Waals surface area contributed by atoms with Crippen molar-refractivity contribution >= 4 is 17.5 Å². The Balaban J connectivity index is 2.03. The second-order valence-corrected chi connectivity index (χ2v) is 5.33. The fraction of sp³-hybridized carbons (Fsp3) is 0.250. The van der Waals surface area contributed by atoms with Crippen LogP contribution in [0.2, 0.25) is 0 Å². The van der Waals surface area contributed by atoms with Crippen molar-refractivity contribution in [2.75, 3.05) is 5.73 Å². The van der Waals surface area contributed by atoms with Crippen LogP contribution in [0.5, 0.6) is 0 Å². The highest BCUT2D eigenvalue weighted by molar-refractivity contribution is 6.21. The summed E-state index contributed by atoms with van der Waals surface area (Å²) < 4.78 is 5.49. The number of furan rings is 1. The first-order chi connectivity index (χ1) is 9.90. The SMILES string of the molecule is Cc1cc(C(C)N2C(=O)c3ccc(N)cc3C2=O)c(C)o1. The minimum Gasteiger partial charge on any atom is -0.466 e. The van der Waals surface area contributed by atoms with Crippen LogP contribution in [0.15, 0.2) is 28.7 Å². The van der Waals surface area contributed by atoms with E-state index < -0.39 is 0 Å². The highest BCUT2D eigenvalue weighted by Crippen LogP contribution is 2.34. The topological polar surface area (TPSA) is 76.5 Å². The molecule has 1 aromatic carbocycles. The quantitative estimate of drug-likeness (QED) is 0.679. The van der Waals surface area contributed by atoms with Gasteiger partial charge in [-0.05, 0) is 45.0 Å². The predicted octanol–water partition coefficient (Wildman–Crippen LogP) is 2.84. The zero-order valence-corrected chi connectivity index (χ0v) is 12.1. The maximum atomic E-state index is 12.5. The molecule has 1 aromatic heterocycles. The molecule has 1 unspecified atom stereocenters. The van der Waals surface area contributed by atoms with Crippen molar-refractivity contribution in [2.24, 2.45) is 0 Å². The number of imide groups is 1. The van der Waals surface area contributed by atoms with Crippen LogP contribution < -0.4 is 5.73 Å². The number of nitrogens with two attached hydrogens (primary N) is 1. The number of amides is 2. The van der Waals surface area contributed by atoms with Gasteiger partial charge in [0.15, 0.2) is 0 Å². The zero-order chi connectivity index (χ0) is 15.3. The lowest BCUT2D eigenvalue weighted by Gasteiger charge is -2.22. The highest BCUT2D eigenvalue weighted by atomic mass is 16.3. The van der Waals surface area contributed by atoms with Crippen LogP contribution in [0.1, 0.15) is 50.8 Å². The fourth-order valence-electron chi connectivity index (χ4n) is 2.83. The molecule has 5 nitrogen and oxygen atoms in total. The molecule has 0 saturated heterocycles. The molecule has 3 rings (SSSR count). The lowest BCUT2D eigenvalue weighted by atomic mass is 10.1. The predicted molar refractivity (Wildman–Crippen MR) is 78.0 cm³/mol. The van der Waals surface area contributed by atoms with Crippen molar-refractivity contribution in [3.63, 3.8) is 0 Å². The van der Waals surface area contributed by atoms with E-state index in [0.717, 1.165) is 17.1 Å². The van der Waals surface area contributed by atoms with Gasteiger partial charge in [0.2, 0.25) is 0 Å². The lowest BCUT2D eigenvalue weighted by molar-refractivity contribution is 0.0594. The number of carbonyl (C=O) groups excluding carboxylic acids is 2. The van der Waals surface area contributed by atoms with Crippen LogP contribution in [0.4, 0.5) is 5.69 Å². The van der Waals surface area contributed by atoms with Gasteiger partial charge in [0.1, 0.15) is 11.5 Å². The van der Waals surface area contributed by atoms with E-state index in [0.29, 0.717) is 16.8 Å². The van der Waals surface area contributed by atoms with Crippen LogP contribution in [0, 0.1) is 13.8 Å². The number of aryl methyl sites for hydroxylation is 2. The number of benzene rings is 1. The van der Waals surface area contributed by atoms with Gasteiger partial charge < -0.3 is 10.2 Å². The van der Waals surface area contributed by atoms with E-state index >= 15 is 0 Å². The van der Waals surface area contributed by atoms with Gasteiger partial charge in [0, 0.05) is 11.3 Å². The summed E-state index contributed by atoms with van der Waals surface area (Å²) in [5, 5.41) is 0. The van der Waals surface area contributed by atoms with E-state index in [9.17, 15) is 9.59 Å². The molecule has 1 aliphatic rings. The summed E-state index contributed by atoms with van der Waals surface area (Å²) in [5.74, 6) is 0.875. The van der Waals surface area contributed by atoms with Crippen LogP contribution in [-0.2, 0) is 0 Å². The van der Waals surface area contributed by atoms with Crippen LogP contribution in [0.25, 0.3) is 0 Å². The summed E-state index contributed by atoms with van der Waals surface area (Å²) in [6.45, 7) is 5.49. The second kappa shape index (κ2) is 4.48. The number of hydrogen-bond donors (Lipinski definition) is 1. The molecule has 0 spiro atoms. The molecule has 0 aliphatic carbocycles. The second-order valence-electron chi connectivity index (χ2n) is 5.33. The first-order valence-corrected chi connectivity index (χ1v) is 6.74. The molecular weight excluding hydrogens is 268 g/mol. The molecular formula is C16H16N2O3. The average molecular weight is 284 g/mol. The molecule has 0 bridgehead atoms. The van der Waals surface area contributed by atoms with Gasteiger partial charge in [0.25, 0.3) is 11.8 Å². The Morgan fingerprint density at radius 3 is 2.38 bits per heavy atom. The number of rotatable bonds is 2. The van der Waals surface area contributed by atoms with Crippen LogP contribution >= 0.6 is 0 Å². The van der Waals surface area contributed by atoms with Gasteiger partial charge >= 0.3 is 0 Å². The third-order valence-electron chi connectivity index (χ3n) is 3.86. The first-order valence-electron chi connectivity index (χ1n) is 6.74. The lowest BCUT2D eigenvalue weighted by Crippen LogP contribution is -2.32. The van der Waals surface area contributed by atoms with Crippen molar-refractivity contribution in [2.45, 2.75) is 26.8 Å². The van der Waals surface area contributed by atoms with Crippen LogP contribution in [-0.4, -0.2) is 16.7 Å². The minimum absolute atomic E-state index is 0.291. The van der Waals surface area contributed by atoms with E-state index in [2.05, 4.69) is 0 Å². The number of anilines is 1. The Morgan fingerprint density at radius 1 is 1.10 bits per heavy atom. The van der Waals surface area contributed by atoms with E-state index in [-0.39, 0.29) is 17.9 Å². The van der Waals surface area contributed by atoms with Gasteiger partial charge in [-0.15, -0.1) is 0 Å². The third kappa shape index (κ3) is 1.93. The minimum atomic E-state index is -0.379. The third-order valence-corrected chi connectivity index (χ3v) is 3.86. The molecule has 21 heavy (non-hydrogen) atoms. The summed E-state index contributed by atoms with van der Waals surface area (Å²) in [7, 11) is 0. The smallest absolute Gasteiger partial charge is 0.262 e. The molecule has 108 valence electrons. The Kier molecular flexibility index (Phi) is 2.86. The number of hydrogen-bond acceptors (Lipinski definition) is 4. The molecule has 2 amide bonds. The summed E-state index contributed by atoms with van der Waals surface area (Å²) in [4.78, 5) is 26.3. The van der Waals surface area contributed by atoms with E-state index in [1.165, 1.54) is 4.90 Å². The fourth-order valence-corrected chi connectivity index (χ4v) is 2.83. The van der Waals surface area contributed by atoms with Gasteiger partial charge in [-0.25, -0.2) is 0 Å². The maximum absolute atomic E-state index is 12.5. The molecule has 2 aromatic rings. The Bertz CT molecular complexity index is 761. The molecule has 2 heterocycles. The van der Waals surface area contributed by atoms with Crippen LogP contribution in [0.3, 0.4) is 0 Å². The Hall–Kier alpha value is -2.56. The maximum Gasteiger partial charge on any atom is 0.262 e. The number of carbonyl (C=O) groups is 2. The standard InChI is InChI=1S/C16H16N2O3/c1-8-6-13(10(3)21-8)9(2)18-15(19)12-5-4-11(17)7-14(12)16(18)20/h4-7,9H,17H2,1-3H3. The summed E-state index contributed by atoms with van der Waals surface area (Å²) in [5.41, 5.74) is 7.78. The van der Waals surface area contributed by atoms with E-state index in [1.54, 1.807) is 18.2 Å². The molecule has 0 radical (unpaired) electrons. The summed E-state index contributed by atoms with van der Waals surface area (Å²) >= 11 is 0. The average Bonchev–Trinajstić information content (AvgIpc) is 2.88. The number of nitrogen functional groups attached to an aromatic ring is 1. The first kappa shape index (κ1) is 13.4. The van der Waals surface area contributed by atoms with Crippen molar-refractivity contribution in [1.82, 2.24) is 4.90 Å². The summed E-state index contributed by atoms with van der Waals surface area (Å²) in [6.07, 6.45) is 0. The number of nitrogens with zero attached hydrogens (tertiary/aromatic N) is 1. The molecule has 2 N–H and O–H groups in total. The molecule has 1 aliphatic heterocycles. The van der Waals surface area contributed by atoms with Gasteiger partial charge in [0.05, 0.1) is 17.2 Å². The van der Waals surface area contributed by atoms with E-state index in [4.69, 9.17) is 10.2 Å².